The second-order valence-corrected chi connectivity index (χ2v) is 8.64. The van der Waals surface area contributed by atoms with Crippen LogP contribution in [-0.2, 0) is 0 Å². The molecule has 32 heavy (non-hydrogen) atoms. The Kier molecular flexibility index (Phi) is 6.13. The van der Waals surface area contributed by atoms with Crippen molar-refractivity contribution in [3.8, 4) is 0 Å². The number of carbonyl (C=O) groups is 2. The Hall–Kier alpha value is -3.40. The molecule has 1 atom stereocenters. The number of amides is 3. The van der Waals surface area contributed by atoms with E-state index in [4.69, 9.17) is 0 Å². The Balaban J connectivity index is 1.46. The normalized spacial score (nSPS) is 15.6. The number of likely N-dealkylation sites (tertiary alicyclic amines) is 1. The summed E-state index contributed by atoms with van der Waals surface area (Å²) in [4.78, 5) is 27.1. The lowest BCUT2D eigenvalue weighted by Crippen LogP contribution is -2.34. The minimum absolute atomic E-state index is 0.0755. The van der Waals surface area contributed by atoms with Crippen LogP contribution in [0.5, 0.6) is 0 Å². The van der Waals surface area contributed by atoms with Crippen LogP contribution >= 0.6 is 11.3 Å². The maximum atomic E-state index is 13.4. The van der Waals surface area contributed by atoms with E-state index in [0.29, 0.717) is 18.0 Å². The van der Waals surface area contributed by atoms with Gasteiger partial charge in [-0.15, -0.1) is 10.2 Å². The standard InChI is InChI=1S/C22H21F2N5O2S/c1-12-5-6-13(2)17(10-12)26-22(31)29-9-3-4-18(29)20-27-28-21(32-20)19(30)25-14-7-8-15(23)16(24)11-14/h5-8,10-11,18H,3-4,9H2,1-2H3,(H,25,30)(H,26,31)/t18-/m0/s1. The van der Waals surface area contributed by atoms with Gasteiger partial charge in [0, 0.05) is 24.0 Å². The van der Waals surface area contributed by atoms with E-state index in [2.05, 4.69) is 20.8 Å². The molecule has 0 spiro atoms. The number of nitrogens with one attached hydrogen (secondary N) is 2. The van der Waals surface area contributed by atoms with Crippen LogP contribution in [-0.4, -0.2) is 33.6 Å². The van der Waals surface area contributed by atoms with Crippen molar-refractivity contribution in [2.24, 2.45) is 0 Å². The van der Waals surface area contributed by atoms with Crippen molar-refractivity contribution in [1.82, 2.24) is 15.1 Å². The van der Waals surface area contributed by atoms with Crippen molar-refractivity contribution in [2.75, 3.05) is 17.2 Å². The van der Waals surface area contributed by atoms with Crippen LogP contribution in [0.2, 0.25) is 0 Å². The molecular weight excluding hydrogens is 436 g/mol. The van der Waals surface area contributed by atoms with E-state index < -0.39 is 17.5 Å². The van der Waals surface area contributed by atoms with Gasteiger partial charge in [0.15, 0.2) is 11.6 Å². The molecule has 2 aromatic carbocycles. The molecule has 3 aromatic rings. The first-order valence-electron chi connectivity index (χ1n) is 10.1. The molecule has 1 aliphatic heterocycles. The van der Waals surface area contributed by atoms with Gasteiger partial charge in [-0.1, -0.05) is 23.5 Å². The van der Waals surface area contributed by atoms with E-state index in [9.17, 15) is 18.4 Å². The van der Waals surface area contributed by atoms with E-state index >= 15 is 0 Å². The number of halogens is 2. The number of anilines is 2. The second kappa shape index (κ2) is 8.99. The SMILES string of the molecule is Cc1ccc(C)c(NC(=O)N2CCC[C@H]2c2nnc(C(=O)Nc3ccc(F)c(F)c3)s2)c1. The first-order valence-corrected chi connectivity index (χ1v) is 10.9. The molecule has 10 heteroatoms. The highest BCUT2D eigenvalue weighted by Crippen LogP contribution is 2.34. The fraction of sp³-hybridized carbons (Fsp3) is 0.273. The summed E-state index contributed by atoms with van der Waals surface area (Å²) in [5, 5.41) is 14.1. The number of hydrogen-bond acceptors (Lipinski definition) is 5. The van der Waals surface area contributed by atoms with Crippen LogP contribution in [0.3, 0.4) is 0 Å². The molecule has 1 fully saturated rings. The van der Waals surface area contributed by atoms with Gasteiger partial charge in [0.2, 0.25) is 5.01 Å². The average Bonchev–Trinajstić information content (AvgIpc) is 3.43. The predicted octanol–water partition coefficient (Wildman–Crippen LogP) is 5.05. The second-order valence-electron chi connectivity index (χ2n) is 7.63. The van der Waals surface area contributed by atoms with Crippen molar-refractivity contribution in [3.05, 3.63) is 69.2 Å². The number of aryl methyl sites for hydroxylation is 2. The molecule has 4 rings (SSSR count). The molecule has 0 radical (unpaired) electrons. The zero-order chi connectivity index (χ0) is 22.8. The molecule has 1 aliphatic rings. The first kappa shape index (κ1) is 21.8. The van der Waals surface area contributed by atoms with Gasteiger partial charge in [-0.25, -0.2) is 13.6 Å². The van der Waals surface area contributed by atoms with Gasteiger partial charge in [-0.2, -0.15) is 0 Å². The zero-order valence-corrected chi connectivity index (χ0v) is 18.3. The molecule has 166 valence electrons. The molecule has 0 bridgehead atoms. The van der Waals surface area contributed by atoms with Gasteiger partial charge >= 0.3 is 6.03 Å². The van der Waals surface area contributed by atoms with E-state index in [1.165, 1.54) is 6.07 Å². The highest BCUT2D eigenvalue weighted by Gasteiger charge is 2.33. The monoisotopic (exact) mass is 457 g/mol. The van der Waals surface area contributed by atoms with Crippen molar-refractivity contribution < 1.29 is 18.4 Å². The minimum Gasteiger partial charge on any atom is -0.320 e. The molecular formula is C22H21F2N5O2S. The van der Waals surface area contributed by atoms with E-state index in [1.807, 2.05) is 32.0 Å². The maximum absolute atomic E-state index is 13.4. The van der Waals surface area contributed by atoms with Crippen LogP contribution < -0.4 is 10.6 Å². The van der Waals surface area contributed by atoms with Crippen LogP contribution in [0.1, 0.15) is 44.8 Å². The third-order valence-electron chi connectivity index (χ3n) is 5.25. The largest absolute Gasteiger partial charge is 0.322 e. The first-order chi connectivity index (χ1) is 15.3. The van der Waals surface area contributed by atoms with Gasteiger partial charge < -0.3 is 15.5 Å². The summed E-state index contributed by atoms with van der Waals surface area (Å²) in [6, 6.07) is 8.42. The molecule has 0 aliphatic carbocycles. The number of hydrogen-bond donors (Lipinski definition) is 2. The highest BCUT2D eigenvalue weighted by atomic mass is 32.1. The molecule has 2 heterocycles. The number of benzene rings is 2. The van der Waals surface area contributed by atoms with Crippen LogP contribution in [0.25, 0.3) is 0 Å². The van der Waals surface area contributed by atoms with Crippen LogP contribution in [0.15, 0.2) is 36.4 Å². The lowest BCUT2D eigenvalue weighted by atomic mass is 10.1. The third kappa shape index (κ3) is 4.59. The van der Waals surface area contributed by atoms with Gasteiger partial charge in [0.1, 0.15) is 5.01 Å². The summed E-state index contributed by atoms with van der Waals surface area (Å²) in [6.07, 6.45) is 1.51. The van der Waals surface area contributed by atoms with Gasteiger partial charge in [-0.3, -0.25) is 4.79 Å². The summed E-state index contributed by atoms with van der Waals surface area (Å²) < 4.78 is 26.4. The maximum Gasteiger partial charge on any atom is 0.322 e. The van der Waals surface area contributed by atoms with E-state index in [0.717, 1.165) is 46.7 Å². The number of aromatic nitrogens is 2. The zero-order valence-electron chi connectivity index (χ0n) is 17.5. The predicted molar refractivity (Wildman–Crippen MR) is 118 cm³/mol. The fourth-order valence-corrected chi connectivity index (χ4v) is 4.43. The lowest BCUT2D eigenvalue weighted by molar-refractivity contribution is 0.102. The topological polar surface area (TPSA) is 87.2 Å². The Morgan fingerprint density at radius 3 is 2.66 bits per heavy atom. The molecule has 3 amide bonds. The summed E-state index contributed by atoms with van der Waals surface area (Å²) in [7, 11) is 0. The average molecular weight is 458 g/mol. The highest BCUT2D eigenvalue weighted by molar-refractivity contribution is 7.13. The van der Waals surface area contributed by atoms with E-state index in [-0.39, 0.29) is 22.8 Å². The molecule has 7 nitrogen and oxygen atoms in total. The number of urea groups is 1. The lowest BCUT2D eigenvalue weighted by Gasteiger charge is -2.23. The molecule has 0 unspecified atom stereocenters. The van der Waals surface area contributed by atoms with Crippen molar-refractivity contribution in [2.45, 2.75) is 32.7 Å². The fourth-order valence-electron chi connectivity index (χ4n) is 3.54. The van der Waals surface area contributed by atoms with Crippen molar-refractivity contribution in [1.29, 1.82) is 0 Å². The van der Waals surface area contributed by atoms with E-state index in [1.54, 1.807) is 4.90 Å². The quantitative estimate of drug-likeness (QED) is 0.574. The van der Waals surface area contributed by atoms with Gasteiger partial charge in [-0.05, 0) is 56.0 Å². The number of carbonyl (C=O) groups excluding carboxylic acids is 2. The smallest absolute Gasteiger partial charge is 0.320 e. The summed E-state index contributed by atoms with van der Waals surface area (Å²) >= 11 is 1.07. The Morgan fingerprint density at radius 1 is 1.06 bits per heavy atom. The van der Waals surface area contributed by atoms with Crippen molar-refractivity contribution in [3.63, 3.8) is 0 Å². The molecule has 1 saturated heterocycles. The van der Waals surface area contributed by atoms with Crippen molar-refractivity contribution >= 4 is 34.6 Å². The summed E-state index contributed by atoms with van der Waals surface area (Å²) in [5.74, 6) is -2.64. The number of nitrogens with zero attached hydrogens (tertiary/aromatic N) is 3. The Labute approximate surface area is 187 Å². The Bertz CT molecular complexity index is 1180. The van der Waals surface area contributed by atoms with Gasteiger partial charge in [0.05, 0.1) is 6.04 Å². The molecule has 1 aromatic heterocycles. The summed E-state index contributed by atoms with van der Waals surface area (Å²) in [6.45, 7) is 4.46. The van der Waals surface area contributed by atoms with Gasteiger partial charge in [0.25, 0.3) is 5.91 Å². The number of rotatable bonds is 4. The van der Waals surface area contributed by atoms with Crippen LogP contribution in [0.4, 0.5) is 25.0 Å². The Morgan fingerprint density at radius 2 is 1.88 bits per heavy atom. The minimum atomic E-state index is -1.06. The molecule has 2 N–H and O–H groups in total. The van der Waals surface area contributed by atoms with Crippen LogP contribution in [0, 0.1) is 25.5 Å². The molecule has 0 saturated carbocycles. The third-order valence-corrected chi connectivity index (χ3v) is 6.27. The summed E-state index contributed by atoms with van der Waals surface area (Å²) in [5.41, 5.74) is 2.88.